The normalized spacial score (nSPS) is 10.8. The van der Waals surface area contributed by atoms with E-state index in [1.165, 1.54) is 0 Å². The number of benzene rings is 1. The summed E-state index contributed by atoms with van der Waals surface area (Å²) in [4.78, 5) is 0. The number of furan rings is 1. The van der Waals surface area contributed by atoms with E-state index in [9.17, 15) is 0 Å². The SMILES string of the molecule is COc1cc(-c2c(N)noc2-c2ccoc2C)ccc1C. The topological polar surface area (TPSA) is 74.4 Å². The van der Waals surface area contributed by atoms with Gasteiger partial charge in [0.25, 0.3) is 0 Å². The van der Waals surface area contributed by atoms with Gasteiger partial charge in [-0.25, -0.2) is 0 Å². The van der Waals surface area contributed by atoms with Gasteiger partial charge in [-0.1, -0.05) is 17.3 Å². The molecule has 2 heterocycles. The molecule has 3 rings (SSSR count). The van der Waals surface area contributed by atoms with Crippen molar-refractivity contribution in [2.45, 2.75) is 13.8 Å². The third-order valence-electron chi connectivity index (χ3n) is 3.52. The fourth-order valence-corrected chi connectivity index (χ4v) is 2.36. The molecule has 0 aliphatic heterocycles. The third kappa shape index (κ3) is 2.16. The maximum Gasteiger partial charge on any atom is 0.180 e. The van der Waals surface area contributed by atoms with Crippen LogP contribution in [-0.2, 0) is 0 Å². The minimum atomic E-state index is 0.344. The van der Waals surface area contributed by atoms with Crippen molar-refractivity contribution in [1.82, 2.24) is 5.16 Å². The Labute approximate surface area is 122 Å². The number of nitrogens with two attached hydrogens (primary N) is 1. The van der Waals surface area contributed by atoms with Crippen LogP contribution in [0.4, 0.5) is 5.82 Å². The number of anilines is 1. The van der Waals surface area contributed by atoms with Crippen LogP contribution in [-0.4, -0.2) is 12.3 Å². The second kappa shape index (κ2) is 5.01. The van der Waals surface area contributed by atoms with Gasteiger partial charge in [0.05, 0.1) is 24.5 Å². The average molecular weight is 284 g/mol. The van der Waals surface area contributed by atoms with Crippen molar-refractivity contribution in [2.75, 3.05) is 12.8 Å². The average Bonchev–Trinajstić information content (AvgIpc) is 3.05. The van der Waals surface area contributed by atoms with Gasteiger partial charge in [-0.05, 0) is 37.1 Å². The second-order valence-electron chi connectivity index (χ2n) is 4.85. The lowest BCUT2D eigenvalue weighted by molar-refractivity contribution is 0.412. The van der Waals surface area contributed by atoms with Crippen molar-refractivity contribution in [3.8, 4) is 28.2 Å². The Balaban J connectivity index is 2.19. The van der Waals surface area contributed by atoms with Gasteiger partial charge >= 0.3 is 0 Å². The largest absolute Gasteiger partial charge is 0.496 e. The van der Waals surface area contributed by atoms with E-state index in [1.807, 2.05) is 38.1 Å². The number of nitrogens with zero attached hydrogens (tertiary/aromatic N) is 1. The summed E-state index contributed by atoms with van der Waals surface area (Å²) < 4.78 is 16.1. The van der Waals surface area contributed by atoms with Crippen molar-refractivity contribution in [2.24, 2.45) is 0 Å². The molecular weight excluding hydrogens is 268 g/mol. The predicted molar refractivity (Wildman–Crippen MR) is 80.1 cm³/mol. The molecule has 0 saturated heterocycles. The Kier molecular flexibility index (Phi) is 3.17. The van der Waals surface area contributed by atoms with Crippen LogP contribution in [0.2, 0.25) is 0 Å². The van der Waals surface area contributed by atoms with Crippen LogP contribution in [0.1, 0.15) is 11.3 Å². The first-order valence-corrected chi connectivity index (χ1v) is 6.56. The fraction of sp³-hybridized carbons (Fsp3) is 0.188. The smallest absolute Gasteiger partial charge is 0.180 e. The molecule has 2 aromatic heterocycles. The van der Waals surface area contributed by atoms with E-state index in [4.69, 9.17) is 19.4 Å². The number of aromatic nitrogens is 1. The van der Waals surface area contributed by atoms with Crippen LogP contribution in [0.15, 0.2) is 39.5 Å². The quantitative estimate of drug-likeness (QED) is 0.791. The Morgan fingerprint density at radius 1 is 1.19 bits per heavy atom. The summed E-state index contributed by atoms with van der Waals surface area (Å²) in [7, 11) is 1.64. The standard InChI is InChI=1S/C16H16N2O3/c1-9-4-5-11(8-13(9)19-3)14-15(21-18-16(14)17)12-6-7-20-10(12)2/h4-8H,1-3H3,(H2,17,18). The lowest BCUT2D eigenvalue weighted by atomic mass is 10.0. The molecule has 0 fully saturated rings. The molecule has 21 heavy (non-hydrogen) atoms. The van der Waals surface area contributed by atoms with Gasteiger partial charge in [-0.3, -0.25) is 0 Å². The summed E-state index contributed by atoms with van der Waals surface area (Å²) >= 11 is 0. The van der Waals surface area contributed by atoms with Crippen LogP contribution in [0.5, 0.6) is 5.75 Å². The van der Waals surface area contributed by atoms with E-state index in [0.717, 1.165) is 33.8 Å². The molecule has 1 aromatic carbocycles. The first kappa shape index (κ1) is 13.3. The van der Waals surface area contributed by atoms with Gasteiger partial charge in [-0.15, -0.1) is 0 Å². The molecule has 0 spiro atoms. The zero-order chi connectivity index (χ0) is 15.0. The minimum Gasteiger partial charge on any atom is -0.496 e. The zero-order valence-corrected chi connectivity index (χ0v) is 12.1. The van der Waals surface area contributed by atoms with Gasteiger partial charge in [0, 0.05) is 0 Å². The number of ether oxygens (including phenoxy) is 1. The van der Waals surface area contributed by atoms with E-state index in [1.54, 1.807) is 13.4 Å². The maximum absolute atomic E-state index is 5.98. The number of nitrogen functional groups attached to an aromatic ring is 1. The van der Waals surface area contributed by atoms with Gasteiger partial charge in [0.15, 0.2) is 11.6 Å². The molecule has 108 valence electrons. The fourth-order valence-electron chi connectivity index (χ4n) is 2.36. The zero-order valence-electron chi connectivity index (χ0n) is 12.1. The summed E-state index contributed by atoms with van der Waals surface area (Å²) in [6.45, 7) is 3.86. The molecule has 0 aliphatic rings. The number of hydrogen-bond donors (Lipinski definition) is 1. The Morgan fingerprint density at radius 3 is 2.67 bits per heavy atom. The van der Waals surface area contributed by atoms with Crippen molar-refractivity contribution in [3.63, 3.8) is 0 Å². The van der Waals surface area contributed by atoms with Crippen LogP contribution in [0.3, 0.4) is 0 Å². The van der Waals surface area contributed by atoms with Crippen molar-refractivity contribution in [3.05, 3.63) is 41.9 Å². The second-order valence-corrected chi connectivity index (χ2v) is 4.85. The highest BCUT2D eigenvalue weighted by molar-refractivity contribution is 5.87. The maximum atomic E-state index is 5.98. The highest BCUT2D eigenvalue weighted by Gasteiger charge is 2.21. The molecule has 0 unspecified atom stereocenters. The van der Waals surface area contributed by atoms with Crippen molar-refractivity contribution < 1.29 is 13.7 Å². The highest BCUT2D eigenvalue weighted by atomic mass is 16.5. The summed E-state index contributed by atoms with van der Waals surface area (Å²) in [5.74, 6) is 2.50. The van der Waals surface area contributed by atoms with E-state index >= 15 is 0 Å². The van der Waals surface area contributed by atoms with Gasteiger partial charge in [-0.2, -0.15) is 0 Å². The Morgan fingerprint density at radius 2 is 2.00 bits per heavy atom. The molecule has 2 N–H and O–H groups in total. The molecule has 5 nitrogen and oxygen atoms in total. The highest BCUT2D eigenvalue weighted by Crippen LogP contribution is 2.39. The van der Waals surface area contributed by atoms with Gasteiger partial charge in [0.2, 0.25) is 0 Å². The van der Waals surface area contributed by atoms with E-state index in [2.05, 4.69) is 5.16 Å². The first-order valence-electron chi connectivity index (χ1n) is 6.56. The molecule has 5 heteroatoms. The first-order chi connectivity index (χ1) is 10.1. The lowest BCUT2D eigenvalue weighted by Crippen LogP contribution is -1.92. The summed E-state index contributed by atoms with van der Waals surface area (Å²) in [5, 5.41) is 3.89. The summed E-state index contributed by atoms with van der Waals surface area (Å²) in [6, 6.07) is 7.72. The Hall–Kier alpha value is -2.69. The molecular formula is C16H16N2O3. The van der Waals surface area contributed by atoms with Crippen LogP contribution in [0.25, 0.3) is 22.5 Å². The van der Waals surface area contributed by atoms with E-state index in [0.29, 0.717) is 11.6 Å². The van der Waals surface area contributed by atoms with Crippen LogP contribution < -0.4 is 10.5 Å². The summed E-state index contributed by atoms with van der Waals surface area (Å²) in [5.41, 5.74) is 9.52. The van der Waals surface area contributed by atoms with Crippen LogP contribution >= 0.6 is 0 Å². The number of methoxy groups -OCH3 is 1. The molecule has 0 saturated carbocycles. The molecule has 3 aromatic rings. The lowest BCUT2D eigenvalue weighted by Gasteiger charge is -2.08. The van der Waals surface area contributed by atoms with Gasteiger partial charge < -0.3 is 19.4 Å². The molecule has 0 radical (unpaired) electrons. The molecule has 0 amide bonds. The molecule has 0 atom stereocenters. The van der Waals surface area contributed by atoms with Crippen molar-refractivity contribution in [1.29, 1.82) is 0 Å². The molecule has 0 aliphatic carbocycles. The minimum absolute atomic E-state index is 0.344. The van der Waals surface area contributed by atoms with E-state index in [-0.39, 0.29) is 0 Å². The predicted octanol–water partition coefficient (Wildman–Crippen LogP) is 3.81. The number of rotatable bonds is 3. The van der Waals surface area contributed by atoms with Gasteiger partial charge in [0.1, 0.15) is 11.5 Å². The Bertz CT molecular complexity index is 787. The third-order valence-corrected chi connectivity index (χ3v) is 3.52. The van der Waals surface area contributed by atoms with Crippen molar-refractivity contribution >= 4 is 5.82 Å². The monoisotopic (exact) mass is 284 g/mol. The van der Waals surface area contributed by atoms with Crippen LogP contribution in [0, 0.1) is 13.8 Å². The molecule has 0 bridgehead atoms. The summed E-state index contributed by atoms with van der Waals surface area (Å²) in [6.07, 6.45) is 1.61. The number of aryl methyl sites for hydroxylation is 2. The number of hydrogen-bond acceptors (Lipinski definition) is 5. The van der Waals surface area contributed by atoms with E-state index < -0.39 is 0 Å².